The molecule has 29 heavy (non-hydrogen) atoms. The van der Waals surface area contributed by atoms with Gasteiger partial charge in [0.15, 0.2) is 0 Å². The second kappa shape index (κ2) is 9.73. The first kappa shape index (κ1) is 20.4. The summed E-state index contributed by atoms with van der Waals surface area (Å²) in [4.78, 5) is 19.1. The largest absolute Gasteiger partial charge is 0.372 e. The Morgan fingerprint density at radius 3 is 2.31 bits per heavy atom. The number of pyridine rings is 1. The summed E-state index contributed by atoms with van der Waals surface area (Å²) in [5.74, 6) is -0.193. The van der Waals surface area contributed by atoms with Crippen molar-refractivity contribution in [2.45, 2.75) is 26.8 Å². The molecule has 3 rings (SSSR count). The van der Waals surface area contributed by atoms with Crippen LogP contribution in [0.3, 0.4) is 0 Å². The Morgan fingerprint density at radius 1 is 0.966 bits per heavy atom. The maximum atomic E-state index is 12.6. The minimum atomic E-state index is -0.193. The van der Waals surface area contributed by atoms with Crippen molar-refractivity contribution < 1.29 is 4.79 Å². The van der Waals surface area contributed by atoms with Gasteiger partial charge in [0, 0.05) is 36.3 Å². The van der Waals surface area contributed by atoms with E-state index in [0.29, 0.717) is 5.69 Å². The standard InChI is InChI=1S/C24H28N4O/c1-4-28(5-2)22-13-11-20(12-14-22)27-21-15-16-25-23(17-21)24(29)26-18(3)19-9-7-6-8-10-19/h6-18H,4-5H2,1-3H3,(H,25,27)(H,26,29). The third-order valence-electron chi connectivity index (χ3n) is 4.92. The molecule has 0 bridgehead atoms. The van der Waals surface area contributed by atoms with Crippen LogP contribution in [0.5, 0.6) is 0 Å². The number of rotatable bonds is 8. The smallest absolute Gasteiger partial charge is 0.270 e. The second-order valence-electron chi connectivity index (χ2n) is 6.88. The first-order chi connectivity index (χ1) is 14.1. The Labute approximate surface area is 172 Å². The minimum Gasteiger partial charge on any atom is -0.372 e. The quantitative estimate of drug-likeness (QED) is 0.559. The molecule has 1 heterocycles. The molecule has 1 atom stereocenters. The van der Waals surface area contributed by atoms with E-state index in [-0.39, 0.29) is 11.9 Å². The van der Waals surface area contributed by atoms with E-state index in [9.17, 15) is 4.79 Å². The van der Waals surface area contributed by atoms with Crippen molar-refractivity contribution >= 4 is 23.0 Å². The van der Waals surface area contributed by atoms with Crippen molar-refractivity contribution in [3.05, 3.63) is 84.2 Å². The average molecular weight is 389 g/mol. The predicted molar refractivity (Wildman–Crippen MR) is 120 cm³/mol. The zero-order valence-corrected chi connectivity index (χ0v) is 17.2. The number of hydrogen-bond donors (Lipinski definition) is 2. The maximum absolute atomic E-state index is 12.6. The lowest BCUT2D eigenvalue weighted by Gasteiger charge is -2.21. The molecule has 150 valence electrons. The van der Waals surface area contributed by atoms with E-state index in [1.807, 2.05) is 55.5 Å². The normalized spacial score (nSPS) is 11.6. The second-order valence-corrected chi connectivity index (χ2v) is 6.88. The van der Waals surface area contributed by atoms with Gasteiger partial charge in [-0.25, -0.2) is 0 Å². The lowest BCUT2D eigenvalue weighted by atomic mass is 10.1. The van der Waals surface area contributed by atoms with E-state index in [0.717, 1.165) is 30.0 Å². The van der Waals surface area contributed by atoms with Gasteiger partial charge in [0.2, 0.25) is 0 Å². The summed E-state index contributed by atoms with van der Waals surface area (Å²) in [6.45, 7) is 8.23. The van der Waals surface area contributed by atoms with Crippen molar-refractivity contribution in [3.63, 3.8) is 0 Å². The van der Waals surface area contributed by atoms with Crippen LogP contribution in [0.25, 0.3) is 0 Å². The predicted octanol–water partition coefficient (Wildman–Crippen LogP) is 5.16. The lowest BCUT2D eigenvalue weighted by Crippen LogP contribution is -2.27. The van der Waals surface area contributed by atoms with Crippen LogP contribution in [0.1, 0.15) is 42.9 Å². The Hall–Kier alpha value is -3.34. The van der Waals surface area contributed by atoms with Gasteiger partial charge in [0.1, 0.15) is 5.69 Å². The van der Waals surface area contributed by atoms with Crippen LogP contribution >= 0.6 is 0 Å². The molecule has 0 aliphatic carbocycles. The van der Waals surface area contributed by atoms with Gasteiger partial charge >= 0.3 is 0 Å². The molecule has 0 spiro atoms. The number of aromatic nitrogens is 1. The summed E-state index contributed by atoms with van der Waals surface area (Å²) in [5.41, 5.74) is 4.44. The Balaban J connectivity index is 1.67. The number of nitrogens with one attached hydrogen (secondary N) is 2. The monoisotopic (exact) mass is 388 g/mol. The molecule has 0 saturated carbocycles. The van der Waals surface area contributed by atoms with Crippen molar-refractivity contribution in [1.29, 1.82) is 0 Å². The Morgan fingerprint density at radius 2 is 1.66 bits per heavy atom. The minimum absolute atomic E-state index is 0.0882. The molecule has 1 aromatic heterocycles. The molecule has 1 amide bonds. The van der Waals surface area contributed by atoms with Gasteiger partial charge in [-0.1, -0.05) is 30.3 Å². The van der Waals surface area contributed by atoms with Crippen molar-refractivity contribution in [3.8, 4) is 0 Å². The zero-order chi connectivity index (χ0) is 20.6. The number of amides is 1. The highest BCUT2D eigenvalue weighted by molar-refractivity contribution is 5.93. The van der Waals surface area contributed by atoms with Gasteiger partial charge in [-0.3, -0.25) is 9.78 Å². The lowest BCUT2D eigenvalue weighted by molar-refractivity contribution is 0.0935. The number of nitrogens with zero attached hydrogens (tertiary/aromatic N) is 2. The fourth-order valence-corrected chi connectivity index (χ4v) is 3.24. The van der Waals surface area contributed by atoms with Crippen LogP contribution in [0, 0.1) is 0 Å². The van der Waals surface area contributed by atoms with Gasteiger partial charge < -0.3 is 15.5 Å². The SMILES string of the molecule is CCN(CC)c1ccc(Nc2ccnc(C(=O)NC(C)c3ccccc3)c2)cc1. The Bertz CT molecular complexity index is 921. The topological polar surface area (TPSA) is 57.3 Å². The third kappa shape index (κ3) is 5.35. The first-order valence-electron chi connectivity index (χ1n) is 10.0. The fourth-order valence-electron chi connectivity index (χ4n) is 3.24. The van der Waals surface area contributed by atoms with E-state index in [1.165, 1.54) is 5.69 Å². The van der Waals surface area contributed by atoms with Crippen LogP contribution < -0.4 is 15.5 Å². The summed E-state index contributed by atoms with van der Waals surface area (Å²) in [6, 6.07) is 21.7. The average Bonchev–Trinajstić information content (AvgIpc) is 2.76. The zero-order valence-electron chi connectivity index (χ0n) is 17.2. The van der Waals surface area contributed by atoms with Gasteiger partial charge in [-0.15, -0.1) is 0 Å². The van der Waals surface area contributed by atoms with E-state index in [4.69, 9.17) is 0 Å². The van der Waals surface area contributed by atoms with Crippen LogP contribution in [0.15, 0.2) is 72.9 Å². The molecule has 0 aliphatic heterocycles. The number of anilines is 3. The summed E-state index contributed by atoms with van der Waals surface area (Å²) in [5, 5.41) is 6.35. The van der Waals surface area contributed by atoms with Gasteiger partial charge in [-0.05, 0) is 62.7 Å². The fraction of sp³-hybridized carbons (Fsp3) is 0.250. The van der Waals surface area contributed by atoms with Gasteiger partial charge in [-0.2, -0.15) is 0 Å². The molecule has 1 unspecified atom stereocenters. The van der Waals surface area contributed by atoms with E-state index in [1.54, 1.807) is 12.3 Å². The molecule has 2 aromatic carbocycles. The van der Waals surface area contributed by atoms with Gasteiger partial charge in [0.25, 0.3) is 5.91 Å². The number of benzene rings is 2. The molecule has 5 heteroatoms. The molecule has 3 aromatic rings. The van der Waals surface area contributed by atoms with E-state index in [2.05, 4.69) is 46.5 Å². The van der Waals surface area contributed by atoms with Gasteiger partial charge in [0.05, 0.1) is 6.04 Å². The van der Waals surface area contributed by atoms with Crippen LogP contribution in [0.4, 0.5) is 17.1 Å². The number of carbonyl (C=O) groups is 1. The summed E-state index contributed by atoms with van der Waals surface area (Å²) in [7, 11) is 0. The van der Waals surface area contributed by atoms with Crippen molar-refractivity contribution in [2.75, 3.05) is 23.3 Å². The summed E-state index contributed by atoms with van der Waals surface area (Å²) in [6.07, 6.45) is 1.65. The van der Waals surface area contributed by atoms with Crippen LogP contribution in [-0.2, 0) is 0 Å². The highest BCUT2D eigenvalue weighted by Gasteiger charge is 2.13. The highest BCUT2D eigenvalue weighted by Crippen LogP contribution is 2.21. The summed E-state index contributed by atoms with van der Waals surface area (Å²) < 4.78 is 0. The van der Waals surface area contributed by atoms with Crippen molar-refractivity contribution in [1.82, 2.24) is 10.3 Å². The van der Waals surface area contributed by atoms with Crippen molar-refractivity contribution in [2.24, 2.45) is 0 Å². The highest BCUT2D eigenvalue weighted by atomic mass is 16.1. The first-order valence-corrected chi connectivity index (χ1v) is 10.0. The molecule has 0 saturated heterocycles. The third-order valence-corrected chi connectivity index (χ3v) is 4.92. The number of carbonyl (C=O) groups excluding carboxylic acids is 1. The Kier molecular flexibility index (Phi) is 6.85. The molecule has 0 fully saturated rings. The maximum Gasteiger partial charge on any atom is 0.270 e. The number of hydrogen-bond acceptors (Lipinski definition) is 4. The van der Waals surface area contributed by atoms with E-state index < -0.39 is 0 Å². The van der Waals surface area contributed by atoms with Crippen LogP contribution in [0.2, 0.25) is 0 Å². The summed E-state index contributed by atoms with van der Waals surface area (Å²) >= 11 is 0. The van der Waals surface area contributed by atoms with Crippen LogP contribution in [-0.4, -0.2) is 24.0 Å². The molecular formula is C24H28N4O. The molecule has 5 nitrogen and oxygen atoms in total. The molecule has 0 radical (unpaired) electrons. The molecule has 2 N–H and O–H groups in total. The molecular weight excluding hydrogens is 360 g/mol. The molecule has 0 aliphatic rings. The van der Waals surface area contributed by atoms with E-state index >= 15 is 0 Å².